The Hall–Kier alpha value is -4.52. The monoisotopic (exact) mass is 436 g/mol. The Labute approximate surface area is 192 Å². The molecular formula is C26H24N6O. The highest BCUT2D eigenvalue weighted by Gasteiger charge is 2.03. The van der Waals surface area contributed by atoms with E-state index < -0.39 is 0 Å². The van der Waals surface area contributed by atoms with Gasteiger partial charge in [-0.05, 0) is 73.0 Å². The van der Waals surface area contributed by atoms with Crippen LogP contribution >= 0.6 is 0 Å². The smallest absolute Gasteiger partial charge is 0.248 e. The van der Waals surface area contributed by atoms with E-state index in [4.69, 9.17) is 0 Å². The maximum Gasteiger partial charge on any atom is 0.248 e. The second-order valence-electron chi connectivity index (χ2n) is 7.51. The predicted molar refractivity (Wildman–Crippen MR) is 133 cm³/mol. The Kier molecular flexibility index (Phi) is 6.70. The number of anilines is 5. The number of carbonyl (C=O) groups is 1. The molecule has 2 aromatic heterocycles. The van der Waals surface area contributed by atoms with Crippen LogP contribution in [0.3, 0.4) is 0 Å². The molecule has 0 unspecified atom stereocenters. The number of amides is 1. The second-order valence-corrected chi connectivity index (χ2v) is 7.51. The first-order valence-corrected chi connectivity index (χ1v) is 10.5. The van der Waals surface area contributed by atoms with Crippen LogP contribution < -0.4 is 16.0 Å². The Morgan fingerprint density at radius 2 is 1.48 bits per heavy atom. The van der Waals surface area contributed by atoms with Crippen LogP contribution in [0.15, 0.2) is 85.3 Å². The van der Waals surface area contributed by atoms with E-state index in [0.717, 1.165) is 28.2 Å². The number of aromatic nitrogens is 3. The Morgan fingerprint density at radius 1 is 0.788 bits per heavy atom. The first-order chi connectivity index (χ1) is 16.0. The first kappa shape index (κ1) is 21.7. The highest BCUT2D eigenvalue weighted by Crippen LogP contribution is 2.20. The van der Waals surface area contributed by atoms with E-state index in [-0.39, 0.29) is 5.91 Å². The largest absolute Gasteiger partial charge is 0.340 e. The predicted octanol–water partition coefficient (Wildman–Crippen LogP) is 5.63. The van der Waals surface area contributed by atoms with E-state index in [1.807, 2.05) is 80.6 Å². The Morgan fingerprint density at radius 3 is 2.24 bits per heavy atom. The SMILES string of the molecule is Cc1ccnc(Nc2cc(Nc3ccc(NC(=O)/C=C/c4ccccc4C)cc3)ncn2)c1. The van der Waals surface area contributed by atoms with E-state index in [9.17, 15) is 4.79 Å². The third-order valence-electron chi connectivity index (χ3n) is 4.87. The summed E-state index contributed by atoms with van der Waals surface area (Å²) in [6.07, 6.45) is 6.58. The molecule has 0 saturated carbocycles. The number of nitrogens with one attached hydrogen (secondary N) is 3. The number of carbonyl (C=O) groups excluding carboxylic acids is 1. The maximum absolute atomic E-state index is 12.2. The van der Waals surface area contributed by atoms with Crippen molar-refractivity contribution in [1.29, 1.82) is 0 Å². The van der Waals surface area contributed by atoms with Gasteiger partial charge in [0, 0.05) is 29.7 Å². The van der Waals surface area contributed by atoms with Crippen molar-refractivity contribution < 1.29 is 4.79 Å². The number of aryl methyl sites for hydroxylation is 2. The molecule has 0 aliphatic carbocycles. The Bertz CT molecular complexity index is 1280. The summed E-state index contributed by atoms with van der Waals surface area (Å²) in [6, 6.07) is 21.0. The molecule has 33 heavy (non-hydrogen) atoms. The minimum absolute atomic E-state index is 0.185. The third kappa shape index (κ3) is 6.24. The molecule has 7 heteroatoms. The van der Waals surface area contributed by atoms with Gasteiger partial charge in [0.15, 0.2) is 0 Å². The lowest BCUT2D eigenvalue weighted by molar-refractivity contribution is -0.111. The maximum atomic E-state index is 12.2. The van der Waals surface area contributed by atoms with Gasteiger partial charge in [0.1, 0.15) is 23.8 Å². The topological polar surface area (TPSA) is 91.8 Å². The lowest BCUT2D eigenvalue weighted by atomic mass is 10.1. The summed E-state index contributed by atoms with van der Waals surface area (Å²) in [7, 11) is 0. The lowest BCUT2D eigenvalue weighted by Gasteiger charge is -2.09. The zero-order valence-electron chi connectivity index (χ0n) is 18.4. The molecular weight excluding hydrogens is 412 g/mol. The van der Waals surface area contributed by atoms with Gasteiger partial charge in [-0.3, -0.25) is 4.79 Å². The zero-order chi connectivity index (χ0) is 23.0. The number of hydrogen-bond acceptors (Lipinski definition) is 6. The molecule has 0 atom stereocenters. The molecule has 0 bridgehead atoms. The molecule has 2 aromatic carbocycles. The molecule has 4 rings (SSSR count). The molecule has 0 fully saturated rings. The van der Waals surface area contributed by atoms with Crippen LogP contribution in [-0.2, 0) is 4.79 Å². The summed E-state index contributed by atoms with van der Waals surface area (Å²) in [5.41, 5.74) is 4.79. The summed E-state index contributed by atoms with van der Waals surface area (Å²) < 4.78 is 0. The molecule has 3 N–H and O–H groups in total. The van der Waals surface area contributed by atoms with Crippen LogP contribution in [0.1, 0.15) is 16.7 Å². The van der Waals surface area contributed by atoms with Crippen molar-refractivity contribution in [2.24, 2.45) is 0 Å². The normalized spacial score (nSPS) is 10.7. The van der Waals surface area contributed by atoms with E-state index in [2.05, 4.69) is 30.9 Å². The van der Waals surface area contributed by atoms with Gasteiger partial charge in [-0.25, -0.2) is 15.0 Å². The van der Waals surface area contributed by atoms with E-state index in [1.54, 1.807) is 12.3 Å². The van der Waals surface area contributed by atoms with Crippen molar-refractivity contribution in [2.75, 3.05) is 16.0 Å². The van der Waals surface area contributed by atoms with Gasteiger partial charge >= 0.3 is 0 Å². The van der Waals surface area contributed by atoms with Crippen molar-refractivity contribution in [2.45, 2.75) is 13.8 Å². The highest BCUT2D eigenvalue weighted by molar-refractivity contribution is 6.02. The first-order valence-electron chi connectivity index (χ1n) is 10.5. The summed E-state index contributed by atoms with van der Waals surface area (Å²) in [5, 5.41) is 9.28. The van der Waals surface area contributed by atoms with Crippen molar-refractivity contribution in [3.63, 3.8) is 0 Å². The van der Waals surface area contributed by atoms with Crippen LogP contribution in [0.25, 0.3) is 6.08 Å². The average Bonchev–Trinajstić information content (AvgIpc) is 2.80. The van der Waals surface area contributed by atoms with Crippen molar-refractivity contribution in [1.82, 2.24) is 15.0 Å². The van der Waals surface area contributed by atoms with Crippen molar-refractivity contribution >= 4 is 40.8 Å². The second kappa shape index (κ2) is 10.2. The quantitative estimate of drug-likeness (QED) is 0.325. The van der Waals surface area contributed by atoms with Crippen LogP contribution in [0.4, 0.5) is 28.8 Å². The molecule has 4 aromatic rings. The molecule has 2 heterocycles. The molecule has 164 valence electrons. The van der Waals surface area contributed by atoms with E-state index in [1.165, 1.54) is 12.4 Å². The molecule has 0 spiro atoms. The van der Waals surface area contributed by atoms with E-state index in [0.29, 0.717) is 17.3 Å². The van der Waals surface area contributed by atoms with Gasteiger partial charge in [0.05, 0.1) is 0 Å². The lowest BCUT2D eigenvalue weighted by Crippen LogP contribution is -2.07. The van der Waals surface area contributed by atoms with Gasteiger partial charge in [-0.15, -0.1) is 0 Å². The van der Waals surface area contributed by atoms with Gasteiger partial charge in [0.2, 0.25) is 5.91 Å². The summed E-state index contributed by atoms with van der Waals surface area (Å²) in [4.78, 5) is 25.0. The standard InChI is InChI=1S/C26H24N6O/c1-18-13-14-27-23(15-18)32-25-16-24(28-17-29-25)30-21-8-10-22(11-9-21)31-26(33)12-7-20-6-4-3-5-19(20)2/h3-17H,1-2H3,(H,31,33)(H2,27,28,29,30,32)/b12-7+. The number of hydrogen-bond donors (Lipinski definition) is 3. The number of rotatable bonds is 7. The minimum Gasteiger partial charge on any atom is -0.340 e. The van der Waals surface area contributed by atoms with E-state index >= 15 is 0 Å². The highest BCUT2D eigenvalue weighted by atomic mass is 16.1. The summed E-state index contributed by atoms with van der Waals surface area (Å²) >= 11 is 0. The number of pyridine rings is 1. The fourth-order valence-corrected chi connectivity index (χ4v) is 3.14. The molecule has 0 radical (unpaired) electrons. The van der Waals surface area contributed by atoms with Crippen LogP contribution in [0, 0.1) is 13.8 Å². The van der Waals surface area contributed by atoms with Gasteiger partial charge in [-0.2, -0.15) is 0 Å². The molecule has 7 nitrogen and oxygen atoms in total. The molecule has 0 saturated heterocycles. The fraction of sp³-hybridized carbons (Fsp3) is 0.0769. The number of nitrogens with zero attached hydrogens (tertiary/aromatic N) is 3. The average molecular weight is 437 g/mol. The van der Waals surface area contributed by atoms with Crippen molar-refractivity contribution in [3.05, 3.63) is 102 Å². The fourth-order valence-electron chi connectivity index (χ4n) is 3.14. The summed E-state index contributed by atoms with van der Waals surface area (Å²) in [5.74, 6) is 1.81. The third-order valence-corrected chi connectivity index (χ3v) is 4.87. The van der Waals surface area contributed by atoms with Gasteiger partial charge in [-0.1, -0.05) is 24.3 Å². The van der Waals surface area contributed by atoms with Gasteiger partial charge < -0.3 is 16.0 Å². The van der Waals surface area contributed by atoms with Gasteiger partial charge in [0.25, 0.3) is 0 Å². The zero-order valence-corrected chi connectivity index (χ0v) is 18.4. The molecule has 1 amide bonds. The van der Waals surface area contributed by atoms with Crippen molar-refractivity contribution in [3.8, 4) is 0 Å². The molecule has 0 aliphatic rings. The minimum atomic E-state index is -0.185. The Balaban J connectivity index is 1.36. The number of benzene rings is 2. The van der Waals surface area contributed by atoms with Crippen LogP contribution in [-0.4, -0.2) is 20.9 Å². The summed E-state index contributed by atoms with van der Waals surface area (Å²) in [6.45, 7) is 4.02. The van der Waals surface area contributed by atoms with Crippen LogP contribution in [0.2, 0.25) is 0 Å². The van der Waals surface area contributed by atoms with Crippen LogP contribution in [0.5, 0.6) is 0 Å². The molecule has 0 aliphatic heterocycles.